The lowest BCUT2D eigenvalue weighted by atomic mass is 9.99. The zero-order chi connectivity index (χ0) is 24.9. The Kier molecular flexibility index (Phi) is 6.63. The van der Waals surface area contributed by atoms with Crippen LogP contribution < -0.4 is 10.3 Å². The van der Waals surface area contributed by atoms with Gasteiger partial charge in [0.05, 0.1) is 18.9 Å². The van der Waals surface area contributed by atoms with Crippen molar-refractivity contribution in [3.8, 4) is 11.3 Å². The predicted molar refractivity (Wildman–Crippen MR) is 141 cm³/mol. The number of rotatable bonds is 7. The Bertz CT molecular complexity index is 1420. The van der Waals surface area contributed by atoms with Crippen molar-refractivity contribution in [1.29, 1.82) is 0 Å². The molecule has 0 saturated carbocycles. The number of ether oxygens (including phenoxy) is 3. The fourth-order valence-electron chi connectivity index (χ4n) is 4.42. The Morgan fingerprint density at radius 3 is 2.78 bits per heavy atom. The number of fused-ring (bicyclic) bond motifs is 1. The van der Waals surface area contributed by atoms with E-state index in [1.807, 2.05) is 28.8 Å². The van der Waals surface area contributed by atoms with E-state index in [0.717, 1.165) is 54.4 Å². The summed E-state index contributed by atoms with van der Waals surface area (Å²) >= 11 is 0. The molecule has 5 heterocycles. The summed E-state index contributed by atoms with van der Waals surface area (Å²) in [5.74, 6) is 2.09. The predicted octanol–water partition coefficient (Wildman–Crippen LogP) is 4.42. The highest BCUT2D eigenvalue weighted by Gasteiger charge is 2.19. The van der Waals surface area contributed by atoms with Crippen molar-refractivity contribution in [1.82, 2.24) is 19.6 Å². The minimum absolute atomic E-state index is 0.559. The van der Waals surface area contributed by atoms with Crippen molar-refractivity contribution in [2.75, 3.05) is 36.6 Å². The average molecular weight is 498 g/mol. The zero-order valence-corrected chi connectivity index (χ0v) is 20.3. The lowest BCUT2D eigenvalue weighted by molar-refractivity contribution is 0.122. The second kappa shape index (κ2) is 10.7. The van der Waals surface area contributed by atoms with Crippen LogP contribution in [0, 0.1) is 0 Å². The molecule has 10 heteroatoms. The van der Waals surface area contributed by atoms with E-state index in [2.05, 4.69) is 33.5 Å². The second-order valence-electron chi connectivity index (χ2n) is 8.78. The Morgan fingerprint density at radius 1 is 1.11 bits per heavy atom. The first kappa shape index (κ1) is 23.0. The summed E-state index contributed by atoms with van der Waals surface area (Å²) in [6.45, 7) is 2.86. The average Bonchev–Trinajstić information content (AvgIpc) is 3.41. The molecule has 188 valence electrons. The summed E-state index contributed by atoms with van der Waals surface area (Å²) in [4.78, 5) is 11.2. The number of nitrogens with one attached hydrogen (secondary N) is 1. The second-order valence-corrected chi connectivity index (χ2v) is 8.78. The first-order chi connectivity index (χ1) is 18.3. The van der Waals surface area contributed by atoms with E-state index in [1.165, 1.54) is 18.1 Å². The standard InChI is InChI=1S/C27H27N7O3/c1-2-4-20(5-3-1)16-23(24-19-36-14-15-37-24)30-31-25-18-27(33-10-12-35-13-11-33)34-26(29-25)17-22(32-34)21-6-8-28-9-7-21/h1-2,4,6-9,14-15,17-19H,3,5,10-13,16H2,(H,29,31). The molecular weight excluding hydrogens is 470 g/mol. The van der Waals surface area contributed by atoms with Gasteiger partial charge in [-0.25, -0.2) is 4.98 Å². The number of morpholine rings is 1. The number of hydrogen-bond donors (Lipinski definition) is 1. The molecule has 0 amide bonds. The van der Waals surface area contributed by atoms with Crippen LogP contribution in [-0.4, -0.2) is 51.6 Å². The number of hydrazone groups is 1. The first-order valence-electron chi connectivity index (χ1n) is 12.3. The van der Waals surface area contributed by atoms with E-state index in [9.17, 15) is 0 Å². The van der Waals surface area contributed by atoms with Crippen molar-refractivity contribution < 1.29 is 14.2 Å². The van der Waals surface area contributed by atoms with Crippen LogP contribution in [0.25, 0.3) is 16.9 Å². The summed E-state index contributed by atoms with van der Waals surface area (Å²) in [6, 6.07) is 7.82. The Morgan fingerprint density at radius 2 is 2.00 bits per heavy atom. The maximum absolute atomic E-state index is 5.69. The van der Waals surface area contributed by atoms with E-state index in [1.54, 1.807) is 18.7 Å². The molecule has 37 heavy (non-hydrogen) atoms. The van der Waals surface area contributed by atoms with Crippen LogP contribution in [0.3, 0.4) is 0 Å². The zero-order valence-electron chi connectivity index (χ0n) is 20.3. The van der Waals surface area contributed by atoms with Gasteiger partial charge in [-0.1, -0.05) is 23.8 Å². The number of allylic oxidation sites excluding steroid dienone is 5. The van der Waals surface area contributed by atoms with Gasteiger partial charge in [-0.15, -0.1) is 0 Å². The van der Waals surface area contributed by atoms with Crippen molar-refractivity contribution in [2.45, 2.75) is 19.3 Å². The molecule has 0 spiro atoms. The molecule has 1 fully saturated rings. The highest BCUT2D eigenvalue weighted by Crippen LogP contribution is 2.26. The van der Waals surface area contributed by atoms with Crippen LogP contribution in [0.15, 0.2) is 90.1 Å². The van der Waals surface area contributed by atoms with E-state index in [4.69, 9.17) is 29.4 Å². The van der Waals surface area contributed by atoms with Gasteiger partial charge in [0, 0.05) is 49.6 Å². The van der Waals surface area contributed by atoms with E-state index >= 15 is 0 Å². The molecule has 3 aromatic rings. The summed E-state index contributed by atoms with van der Waals surface area (Å²) in [5.41, 5.74) is 7.70. The molecule has 6 rings (SSSR count). The van der Waals surface area contributed by atoms with Gasteiger partial charge in [0.25, 0.3) is 0 Å². The number of aromatic nitrogens is 4. The quantitative estimate of drug-likeness (QED) is 0.378. The molecule has 3 aliphatic rings. The molecule has 0 radical (unpaired) electrons. The SMILES string of the molecule is C1=CCCC(CC(=NNc2cc(N3CCOCC3)n3nc(-c4ccncc4)cc3n2)C2=COC=CO2)=C1. The Labute approximate surface area is 214 Å². The van der Waals surface area contributed by atoms with Crippen LogP contribution in [0.4, 0.5) is 11.6 Å². The summed E-state index contributed by atoms with van der Waals surface area (Å²) < 4.78 is 18.5. The number of hydrogen-bond acceptors (Lipinski definition) is 9. The maximum atomic E-state index is 5.69. The Hall–Kier alpha value is -4.44. The van der Waals surface area contributed by atoms with E-state index in [0.29, 0.717) is 31.2 Å². The largest absolute Gasteiger partial charge is 0.465 e. The monoisotopic (exact) mass is 497 g/mol. The summed E-state index contributed by atoms with van der Waals surface area (Å²) in [5, 5.41) is 9.58. The number of anilines is 2. The highest BCUT2D eigenvalue weighted by atomic mass is 16.5. The summed E-state index contributed by atoms with van der Waals surface area (Å²) in [6.07, 6.45) is 17.1. The van der Waals surface area contributed by atoms with Crippen LogP contribution in [-0.2, 0) is 14.2 Å². The maximum Gasteiger partial charge on any atom is 0.185 e. The molecule has 10 nitrogen and oxygen atoms in total. The molecule has 1 N–H and O–H groups in total. The van der Waals surface area contributed by atoms with Gasteiger partial charge in [0.2, 0.25) is 0 Å². The van der Waals surface area contributed by atoms with Crippen molar-refractivity contribution in [3.05, 3.63) is 85.0 Å². The van der Waals surface area contributed by atoms with Gasteiger partial charge in [-0.3, -0.25) is 10.4 Å². The molecule has 0 unspecified atom stereocenters. The van der Waals surface area contributed by atoms with E-state index < -0.39 is 0 Å². The highest BCUT2D eigenvalue weighted by molar-refractivity contribution is 6.00. The minimum atomic E-state index is 0.559. The molecule has 0 atom stereocenters. The number of nitrogens with zero attached hydrogens (tertiary/aromatic N) is 6. The summed E-state index contributed by atoms with van der Waals surface area (Å²) in [7, 11) is 0. The molecule has 2 aliphatic heterocycles. The van der Waals surface area contributed by atoms with Crippen molar-refractivity contribution in [2.24, 2.45) is 5.10 Å². The molecule has 3 aromatic heterocycles. The third kappa shape index (κ3) is 5.24. The third-order valence-electron chi connectivity index (χ3n) is 6.31. The third-order valence-corrected chi connectivity index (χ3v) is 6.31. The smallest absolute Gasteiger partial charge is 0.185 e. The molecular formula is C27H27N7O3. The normalized spacial score (nSPS) is 17.7. The molecule has 1 saturated heterocycles. The van der Waals surface area contributed by atoms with Crippen LogP contribution in [0.1, 0.15) is 19.3 Å². The number of pyridine rings is 1. The van der Waals surface area contributed by atoms with Gasteiger partial charge in [0.15, 0.2) is 17.2 Å². The lowest BCUT2D eigenvalue weighted by Crippen LogP contribution is -2.37. The molecule has 0 aromatic carbocycles. The van der Waals surface area contributed by atoms with Gasteiger partial charge in [0.1, 0.15) is 30.3 Å². The fourth-order valence-corrected chi connectivity index (χ4v) is 4.42. The van der Waals surface area contributed by atoms with Crippen LogP contribution in [0.2, 0.25) is 0 Å². The van der Waals surface area contributed by atoms with Gasteiger partial charge in [-0.2, -0.15) is 14.7 Å². The molecule has 0 bridgehead atoms. The van der Waals surface area contributed by atoms with Crippen LogP contribution >= 0.6 is 0 Å². The van der Waals surface area contributed by atoms with Gasteiger partial charge >= 0.3 is 0 Å². The van der Waals surface area contributed by atoms with Crippen molar-refractivity contribution in [3.63, 3.8) is 0 Å². The lowest BCUT2D eigenvalue weighted by Gasteiger charge is -2.29. The molecule has 1 aliphatic carbocycles. The van der Waals surface area contributed by atoms with Crippen LogP contribution in [0.5, 0.6) is 0 Å². The van der Waals surface area contributed by atoms with Gasteiger partial charge < -0.3 is 19.1 Å². The first-order valence-corrected chi connectivity index (χ1v) is 12.3. The van der Waals surface area contributed by atoms with Crippen molar-refractivity contribution >= 4 is 23.0 Å². The Balaban J connectivity index is 1.36. The van der Waals surface area contributed by atoms with E-state index in [-0.39, 0.29) is 0 Å². The minimum Gasteiger partial charge on any atom is -0.465 e. The topological polar surface area (TPSA) is 98.4 Å². The fraction of sp³-hybridized carbons (Fsp3) is 0.259. The van der Waals surface area contributed by atoms with Gasteiger partial charge in [-0.05, 0) is 25.0 Å².